The molecule has 0 aliphatic heterocycles. The van der Waals surface area contributed by atoms with E-state index >= 15 is 0 Å². The monoisotopic (exact) mass is 895 g/mol. The van der Waals surface area contributed by atoms with Crippen molar-refractivity contribution < 1.29 is 28.6 Å². The lowest BCUT2D eigenvalue weighted by Gasteiger charge is -2.18. The first-order chi connectivity index (χ1) is 31.5. The summed E-state index contributed by atoms with van der Waals surface area (Å²) in [4.78, 5) is 38.0. The van der Waals surface area contributed by atoms with Crippen LogP contribution in [0.3, 0.4) is 0 Å². The molecule has 0 aliphatic rings. The van der Waals surface area contributed by atoms with Gasteiger partial charge in [0.15, 0.2) is 6.10 Å². The van der Waals surface area contributed by atoms with Crippen LogP contribution in [0, 0.1) is 0 Å². The molecule has 370 valence electrons. The van der Waals surface area contributed by atoms with E-state index in [4.69, 9.17) is 14.2 Å². The van der Waals surface area contributed by atoms with E-state index in [0.29, 0.717) is 19.3 Å². The van der Waals surface area contributed by atoms with E-state index in [9.17, 15) is 14.4 Å². The van der Waals surface area contributed by atoms with Crippen molar-refractivity contribution in [2.45, 2.75) is 277 Å². The third-order valence-corrected chi connectivity index (χ3v) is 11.7. The Balaban J connectivity index is 4.39. The fraction of sp³-hybridized carbons (Fsp3) is 0.776. The lowest BCUT2D eigenvalue weighted by molar-refractivity contribution is -0.167. The molecule has 6 nitrogen and oxygen atoms in total. The molecule has 0 rings (SSSR count). The number of hydrogen-bond acceptors (Lipinski definition) is 6. The highest BCUT2D eigenvalue weighted by Crippen LogP contribution is 2.14. The number of esters is 3. The molecule has 0 bridgehead atoms. The normalized spacial score (nSPS) is 12.5. The van der Waals surface area contributed by atoms with Crippen molar-refractivity contribution in [2.75, 3.05) is 13.2 Å². The maximum Gasteiger partial charge on any atom is 0.306 e. The molecule has 6 heteroatoms. The third kappa shape index (κ3) is 50.1. The van der Waals surface area contributed by atoms with Gasteiger partial charge >= 0.3 is 17.9 Å². The van der Waals surface area contributed by atoms with Crippen LogP contribution in [0.15, 0.2) is 60.8 Å². The van der Waals surface area contributed by atoms with Gasteiger partial charge in [0.25, 0.3) is 0 Å². The number of carbonyl (C=O) groups excluding carboxylic acids is 3. The smallest absolute Gasteiger partial charge is 0.306 e. The second-order valence-electron chi connectivity index (χ2n) is 18.1. The highest BCUT2D eigenvalue weighted by atomic mass is 16.6. The van der Waals surface area contributed by atoms with Crippen LogP contribution < -0.4 is 0 Å². The van der Waals surface area contributed by atoms with Gasteiger partial charge in [-0.25, -0.2) is 0 Å². The van der Waals surface area contributed by atoms with Crippen molar-refractivity contribution in [3.05, 3.63) is 60.8 Å². The summed E-state index contributed by atoms with van der Waals surface area (Å²) in [5.41, 5.74) is 0. The Hall–Kier alpha value is -2.89. The Bertz CT molecular complexity index is 1170. The summed E-state index contributed by atoms with van der Waals surface area (Å²) in [6, 6.07) is 0. The zero-order valence-electron chi connectivity index (χ0n) is 42.3. The molecule has 0 spiro atoms. The Labute approximate surface area is 396 Å². The number of unbranched alkanes of at least 4 members (excludes halogenated alkanes) is 28. The van der Waals surface area contributed by atoms with Crippen LogP contribution in [0.25, 0.3) is 0 Å². The molecule has 1 unspecified atom stereocenters. The molecule has 0 radical (unpaired) electrons. The van der Waals surface area contributed by atoms with Crippen molar-refractivity contribution in [1.82, 2.24) is 0 Å². The van der Waals surface area contributed by atoms with E-state index in [2.05, 4.69) is 81.5 Å². The van der Waals surface area contributed by atoms with Gasteiger partial charge in [-0.3, -0.25) is 14.4 Å². The fourth-order valence-electron chi connectivity index (χ4n) is 7.56. The van der Waals surface area contributed by atoms with Crippen LogP contribution in [0.5, 0.6) is 0 Å². The van der Waals surface area contributed by atoms with E-state index in [0.717, 1.165) is 96.3 Å². The van der Waals surface area contributed by atoms with Crippen LogP contribution in [0.1, 0.15) is 271 Å². The first kappa shape index (κ1) is 61.1. The molecule has 0 aromatic carbocycles. The standard InChI is InChI=1S/C58H102O6/c1-4-7-10-13-16-19-22-25-27-28-29-30-32-33-36-39-42-45-48-51-57(60)63-54-55(53-62-56(59)50-47-44-41-38-35-24-21-18-15-12-9-6-3)64-58(61)52-49-46-43-40-37-34-31-26-23-20-17-14-11-8-5-2/h16,18-19,21,25-27,29-31,55H,4-15,17,20,22-24,28,32-54H2,1-3H3/b19-16-,21-18-,27-25-,30-29-,31-26-. The molecule has 1 atom stereocenters. The van der Waals surface area contributed by atoms with E-state index in [1.54, 1.807) is 0 Å². The Morgan fingerprint density at radius 1 is 0.312 bits per heavy atom. The summed E-state index contributed by atoms with van der Waals surface area (Å²) in [5, 5.41) is 0. The lowest BCUT2D eigenvalue weighted by atomic mass is 10.1. The van der Waals surface area contributed by atoms with Crippen LogP contribution in [0.4, 0.5) is 0 Å². The van der Waals surface area contributed by atoms with Gasteiger partial charge in [0.1, 0.15) is 13.2 Å². The first-order valence-electron chi connectivity index (χ1n) is 27.3. The van der Waals surface area contributed by atoms with E-state index < -0.39 is 6.10 Å². The van der Waals surface area contributed by atoms with E-state index in [-0.39, 0.29) is 31.1 Å². The van der Waals surface area contributed by atoms with E-state index in [1.165, 1.54) is 135 Å². The van der Waals surface area contributed by atoms with Gasteiger partial charge in [0, 0.05) is 19.3 Å². The van der Waals surface area contributed by atoms with Crippen molar-refractivity contribution in [1.29, 1.82) is 0 Å². The number of rotatable bonds is 49. The molecule has 0 heterocycles. The molecule has 0 saturated heterocycles. The Kier molecular flexibility index (Phi) is 50.4. The minimum Gasteiger partial charge on any atom is -0.462 e. The Morgan fingerprint density at radius 3 is 0.922 bits per heavy atom. The predicted molar refractivity (Wildman–Crippen MR) is 275 cm³/mol. The Morgan fingerprint density at radius 2 is 0.562 bits per heavy atom. The lowest BCUT2D eigenvalue weighted by Crippen LogP contribution is -2.30. The molecule has 0 N–H and O–H groups in total. The van der Waals surface area contributed by atoms with Crippen LogP contribution >= 0.6 is 0 Å². The second kappa shape index (κ2) is 52.7. The maximum absolute atomic E-state index is 12.8. The van der Waals surface area contributed by atoms with E-state index in [1.807, 2.05) is 0 Å². The summed E-state index contributed by atoms with van der Waals surface area (Å²) in [5.74, 6) is -0.909. The van der Waals surface area contributed by atoms with Gasteiger partial charge in [0.2, 0.25) is 0 Å². The summed E-state index contributed by atoms with van der Waals surface area (Å²) in [7, 11) is 0. The van der Waals surface area contributed by atoms with Crippen molar-refractivity contribution in [3.8, 4) is 0 Å². The molecular weight excluding hydrogens is 793 g/mol. The summed E-state index contributed by atoms with van der Waals surface area (Å²) in [6.07, 6.45) is 64.8. The molecule has 0 amide bonds. The SMILES string of the molecule is CCCCC/C=C\C/C=C\C/C=C\CCCCCCCCC(=O)OCC(COC(=O)CCCCCCC/C=C\CCCCC)OC(=O)CCCCCCC/C=C\CCCCCCCC. The molecule has 0 aromatic heterocycles. The van der Waals surface area contributed by atoms with Gasteiger partial charge in [-0.1, -0.05) is 204 Å². The van der Waals surface area contributed by atoms with Crippen molar-refractivity contribution in [3.63, 3.8) is 0 Å². The molecule has 0 aliphatic carbocycles. The minimum atomic E-state index is -0.786. The summed E-state index contributed by atoms with van der Waals surface area (Å²) in [6.45, 7) is 6.57. The second-order valence-corrected chi connectivity index (χ2v) is 18.1. The minimum absolute atomic E-state index is 0.0858. The predicted octanol–water partition coefficient (Wildman–Crippen LogP) is 18.0. The van der Waals surface area contributed by atoms with Gasteiger partial charge in [0.05, 0.1) is 0 Å². The zero-order chi connectivity index (χ0) is 46.5. The average Bonchev–Trinajstić information content (AvgIpc) is 3.29. The molecule has 0 saturated carbocycles. The zero-order valence-corrected chi connectivity index (χ0v) is 42.3. The highest BCUT2D eigenvalue weighted by molar-refractivity contribution is 5.71. The van der Waals surface area contributed by atoms with Crippen LogP contribution in [-0.4, -0.2) is 37.2 Å². The molecular formula is C58H102O6. The topological polar surface area (TPSA) is 78.9 Å². The maximum atomic E-state index is 12.8. The van der Waals surface area contributed by atoms with Crippen LogP contribution in [0.2, 0.25) is 0 Å². The number of hydrogen-bond donors (Lipinski definition) is 0. The number of carbonyl (C=O) groups is 3. The van der Waals surface area contributed by atoms with Gasteiger partial charge < -0.3 is 14.2 Å². The van der Waals surface area contributed by atoms with Gasteiger partial charge in [-0.2, -0.15) is 0 Å². The highest BCUT2D eigenvalue weighted by Gasteiger charge is 2.19. The first-order valence-corrected chi connectivity index (χ1v) is 27.3. The van der Waals surface area contributed by atoms with Crippen molar-refractivity contribution >= 4 is 17.9 Å². The van der Waals surface area contributed by atoms with Gasteiger partial charge in [-0.05, 0) is 109 Å². The van der Waals surface area contributed by atoms with Crippen LogP contribution in [-0.2, 0) is 28.6 Å². The number of ether oxygens (including phenoxy) is 3. The molecule has 64 heavy (non-hydrogen) atoms. The summed E-state index contributed by atoms with van der Waals surface area (Å²) < 4.78 is 16.8. The third-order valence-electron chi connectivity index (χ3n) is 11.7. The quantitative estimate of drug-likeness (QED) is 0.0262. The number of allylic oxidation sites excluding steroid dienone is 10. The van der Waals surface area contributed by atoms with Gasteiger partial charge in [-0.15, -0.1) is 0 Å². The van der Waals surface area contributed by atoms with Crippen molar-refractivity contribution in [2.24, 2.45) is 0 Å². The molecule has 0 aromatic rings. The largest absolute Gasteiger partial charge is 0.462 e. The molecule has 0 fully saturated rings. The summed E-state index contributed by atoms with van der Waals surface area (Å²) >= 11 is 0. The fourth-order valence-corrected chi connectivity index (χ4v) is 7.56. The average molecular weight is 895 g/mol.